The van der Waals surface area contributed by atoms with Gasteiger partial charge in [0.05, 0.1) is 23.0 Å². The Labute approximate surface area is 237 Å². The van der Waals surface area contributed by atoms with Gasteiger partial charge >= 0.3 is 6.61 Å². The molecule has 0 radical (unpaired) electrons. The Morgan fingerprint density at radius 3 is 2.49 bits per heavy atom. The van der Waals surface area contributed by atoms with Crippen LogP contribution in [0.5, 0.6) is 5.75 Å². The minimum Gasteiger partial charge on any atom is -0.435 e. The molecule has 13 heteroatoms. The SMILES string of the molecule is CCn1cc(NC(=O)c2cc3c(nc2Cl)nc(C(O)(c2ccc(OC(F)F)cc2)c2ccccc2F)n3CC)cn1. The van der Waals surface area contributed by atoms with Gasteiger partial charge in [-0.25, -0.2) is 14.4 Å². The summed E-state index contributed by atoms with van der Waals surface area (Å²) < 4.78 is 48.4. The van der Waals surface area contributed by atoms with Gasteiger partial charge in [-0.05, 0) is 43.7 Å². The van der Waals surface area contributed by atoms with Gasteiger partial charge in [0.25, 0.3) is 5.91 Å². The van der Waals surface area contributed by atoms with E-state index >= 15 is 4.39 Å². The zero-order valence-corrected chi connectivity index (χ0v) is 22.6. The van der Waals surface area contributed by atoms with Crippen LogP contribution in [0.2, 0.25) is 5.15 Å². The van der Waals surface area contributed by atoms with Gasteiger partial charge in [-0.2, -0.15) is 13.9 Å². The number of aromatic nitrogens is 5. The number of imidazole rings is 1. The van der Waals surface area contributed by atoms with Crippen LogP contribution in [-0.4, -0.2) is 41.9 Å². The second-order valence-corrected chi connectivity index (χ2v) is 9.34. The Morgan fingerprint density at radius 2 is 1.85 bits per heavy atom. The number of nitrogens with zero attached hydrogens (tertiary/aromatic N) is 5. The lowest BCUT2D eigenvalue weighted by Crippen LogP contribution is -2.33. The Bertz CT molecular complexity index is 1720. The number of amides is 1. The van der Waals surface area contributed by atoms with Crippen molar-refractivity contribution in [1.29, 1.82) is 0 Å². The number of ether oxygens (including phenoxy) is 1. The fourth-order valence-electron chi connectivity index (χ4n) is 4.62. The first-order chi connectivity index (χ1) is 19.6. The van der Waals surface area contributed by atoms with E-state index in [2.05, 4.69) is 25.1 Å². The van der Waals surface area contributed by atoms with Crippen LogP contribution in [0, 0.1) is 5.82 Å². The molecule has 212 valence electrons. The molecule has 9 nitrogen and oxygen atoms in total. The fraction of sp³-hybridized carbons (Fsp3) is 0.214. The summed E-state index contributed by atoms with van der Waals surface area (Å²) in [6.45, 7) is 1.50. The maximum Gasteiger partial charge on any atom is 0.387 e. The van der Waals surface area contributed by atoms with Crippen LogP contribution < -0.4 is 10.1 Å². The fourth-order valence-corrected chi connectivity index (χ4v) is 4.84. The predicted octanol–water partition coefficient (Wildman–Crippen LogP) is 5.60. The molecule has 2 aromatic carbocycles. The number of pyridine rings is 1. The molecule has 5 aromatic rings. The number of hydrogen-bond acceptors (Lipinski definition) is 6. The highest BCUT2D eigenvalue weighted by atomic mass is 35.5. The second-order valence-electron chi connectivity index (χ2n) is 8.98. The third kappa shape index (κ3) is 5.23. The lowest BCUT2D eigenvalue weighted by Gasteiger charge is -2.30. The molecule has 0 saturated carbocycles. The Kier molecular flexibility index (Phi) is 7.70. The van der Waals surface area contributed by atoms with Crippen LogP contribution >= 0.6 is 11.6 Å². The molecule has 1 atom stereocenters. The van der Waals surface area contributed by atoms with E-state index in [0.29, 0.717) is 17.7 Å². The summed E-state index contributed by atoms with van der Waals surface area (Å²) in [5.41, 5.74) is -1.23. The molecule has 3 aromatic heterocycles. The van der Waals surface area contributed by atoms with Gasteiger partial charge in [-0.15, -0.1) is 0 Å². The van der Waals surface area contributed by atoms with E-state index in [1.807, 2.05) is 6.92 Å². The Hall–Kier alpha value is -4.42. The number of hydrogen-bond donors (Lipinski definition) is 2. The first-order valence-corrected chi connectivity index (χ1v) is 13.0. The number of anilines is 1. The Morgan fingerprint density at radius 1 is 1.12 bits per heavy atom. The summed E-state index contributed by atoms with van der Waals surface area (Å²) in [5, 5.41) is 19.0. The van der Waals surface area contributed by atoms with Crippen molar-refractivity contribution in [1.82, 2.24) is 24.3 Å². The maximum absolute atomic E-state index is 15.2. The summed E-state index contributed by atoms with van der Waals surface area (Å²) in [6, 6.07) is 12.3. The highest BCUT2D eigenvalue weighted by Crippen LogP contribution is 2.40. The van der Waals surface area contributed by atoms with E-state index in [9.17, 15) is 18.7 Å². The number of nitrogens with one attached hydrogen (secondary N) is 1. The number of carbonyl (C=O) groups excluding carboxylic acids is 1. The first kappa shape index (κ1) is 28.1. The summed E-state index contributed by atoms with van der Waals surface area (Å²) in [6.07, 6.45) is 3.17. The van der Waals surface area contributed by atoms with Gasteiger partial charge in [-0.3, -0.25) is 9.48 Å². The second kappa shape index (κ2) is 11.2. The number of carbonyl (C=O) groups is 1. The van der Waals surface area contributed by atoms with Crippen LogP contribution in [-0.2, 0) is 18.7 Å². The smallest absolute Gasteiger partial charge is 0.387 e. The molecule has 0 saturated heterocycles. The number of aryl methyl sites for hydroxylation is 2. The van der Waals surface area contributed by atoms with Crippen LogP contribution in [0.25, 0.3) is 11.2 Å². The van der Waals surface area contributed by atoms with E-state index in [0.717, 1.165) is 0 Å². The molecule has 5 rings (SSSR count). The largest absolute Gasteiger partial charge is 0.435 e. The van der Waals surface area contributed by atoms with Crippen molar-refractivity contribution in [2.75, 3.05) is 5.32 Å². The molecule has 1 amide bonds. The molecule has 0 fully saturated rings. The van der Waals surface area contributed by atoms with Crippen molar-refractivity contribution in [3.8, 4) is 5.75 Å². The van der Waals surface area contributed by atoms with Gasteiger partial charge in [0, 0.05) is 24.8 Å². The van der Waals surface area contributed by atoms with Crippen molar-refractivity contribution >= 4 is 34.4 Å². The summed E-state index contributed by atoms with van der Waals surface area (Å²) >= 11 is 6.39. The highest BCUT2D eigenvalue weighted by molar-refractivity contribution is 6.33. The molecular formula is C28H24ClF3N6O3. The molecule has 3 heterocycles. The third-order valence-corrected chi connectivity index (χ3v) is 6.84. The summed E-state index contributed by atoms with van der Waals surface area (Å²) in [5.74, 6) is -1.43. The van der Waals surface area contributed by atoms with E-state index in [1.165, 1.54) is 54.7 Å². The number of aliphatic hydroxyl groups is 1. The lowest BCUT2D eigenvalue weighted by molar-refractivity contribution is -0.0498. The normalized spacial score (nSPS) is 13.0. The Balaban J connectivity index is 1.66. The minimum absolute atomic E-state index is 0.0204. The van der Waals surface area contributed by atoms with E-state index < -0.39 is 23.9 Å². The molecule has 0 aliphatic carbocycles. The van der Waals surface area contributed by atoms with Crippen molar-refractivity contribution in [2.45, 2.75) is 39.1 Å². The topological polar surface area (TPSA) is 107 Å². The average molecular weight is 585 g/mol. The van der Waals surface area contributed by atoms with Gasteiger partial charge in [-0.1, -0.05) is 41.9 Å². The first-order valence-electron chi connectivity index (χ1n) is 12.6. The van der Waals surface area contributed by atoms with Crippen molar-refractivity contribution in [3.63, 3.8) is 0 Å². The highest BCUT2D eigenvalue weighted by Gasteiger charge is 2.41. The van der Waals surface area contributed by atoms with E-state index in [1.54, 1.807) is 28.4 Å². The van der Waals surface area contributed by atoms with E-state index in [4.69, 9.17) is 11.6 Å². The summed E-state index contributed by atoms with van der Waals surface area (Å²) in [7, 11) is 0. The summed E-state index contributed by atoms with van der Waals surface area (Å²) in [4.78, 5) is 21.9. The lowest BCUT2D eigenvalue weighted by atomic mass is 9.85. The minimum atomic E-state index is -3.04. The molecular weight excluding hydrogens is 561 g/mol. The van der Waals surface area contributed by atoms with Gasteiger partial charge < -0.3 is 19.7 Å². The van der Waals surface area contributed by atoms with Crippen LogP contribution in [0.3, 0.4) is 0 Å². The molecule has 2 N–H and O–H groups in total. The average Bonchev–Trinajstić information content (AvgIpc) is 3.56. The number of benzene rings is 2. The van der Waals surface area contributed by atoms with Crippen LogP contribution in [0.4, 0.5) is 18.9 Å². The molecule has 0 aliphatic rings. The van der Waals surface area contributed by atoms with Crippen molar-refractivity contribution < 1.29 is 27.8 Å². The van der Waals surface area contributed by atoms with Gasteiger partial charge in [0.15, 0.2) is 17.1 Å². The third-order valence-electron chi connectivity index (χ3n) is 6.56. The zero-order chi connectivity index (χ0) is 29.3. The maximum atomic E-state index is 15.2. The van der Waals surface area contributed by atoms with Crippen LogP contribution in [0.15, 0.2) is 67.0 Å². The monoisotopic (exact) mass is 584 g/mol. The number of fused-ring (bicyclic) bond motifs is 1. The van der Waals surface area contributed by atoms with Gasteiger partial charge in [0.2, 0.25) is 0 Å². The molecule has 41 heavy (non-hydrogen) atoms. The molecule has 0 bridgehead atoms. The zero-order valence-electron chi connectivity index (χ0n) is 21.9. The standard InChI is InChI=1S/C28H24ClF3N6O3/c1-3-37-15-17(14-33-37)34-25(39)19-13-22-24(35-23(19)29)36-26(38(22)4-2)28(40,20-7-5-6-8-21(20)30)16-9-11-18(12-10-16)41-27(31)32/h5-15,27,40H,3-4H2,1-2H3,(H,34,39). The van der Waals surface area contributed by atoms with Gasteiger partial charge in [0.1, 0.15) is 16.7 Å². The van der Waals surface area contributed by atoms with Crippen molar-refractivity contribution in [2.24, 2.45) is 0 Å². The molecule has 0 aliphatic heterocycles. The quantitative estimate of drug-likeness (QED) is 0.219. The number of halogens is 4. The van der Waals surface area contributed by atoms with E-state index in [-0.39, 0.29) is 45.6 Å². The number of alkyl halides is 2. The van der Waals surface area contributed by atoms with Crippen LogP contribution in [0.1, 0.15) is 41.2 Å². The predicted molar refractivity (Wildman–Crippen MR) is 146 cm³/mol. The molecule has 1 unspecified atom stereocenters. The van der Waals surface area contributed by atoms with Crippen molar-refractivity contribution in [3.05, 3.63) is 100 Å². The molecule has 0 spiro atoms. The number of rotatable bonds is 9.